The molecule has 7 heteroatoms. The van der Waals surface area contributed by atoms with E-state index in [9.17, 15) is 17.6 Å². The fraction of sp³-hybridized carbons (Fsp3) is 0.316. The van der Waals surface area contributed by atoms with Gasteiger partial charge in [0.25, 0.3) is 5.91 Å². The number of para-hydroxylation sites is 1. The van der Waals surface area contributed by atoms with Crippen molar-refractivity contribution in [1.82, 2.24) is 5.32 Å². The van der Waals surface area contributed by atoms with Crippen molar-refractivity contribution in [1.29, 1.82) is 0 Å². The Hall–Kier alpha value is -2.41. The second kappa shape index (κ2) is 8.31. The number of carbonyl (C=O) groups excluding carboxylic acids is 1. The molecule has 0 atom stereocenters. The fourth-order valence-electron chi connectivity index (χ4n) is 2.81. The number of benzene rings is 2. The Labute approximate surface area is 153 Å². The van der Waals surface area contributed by atoms with Crippen molar-refractivity contribution >= 4 is 21.6 Å². The molecule has 1 amide bonds. The Morgan fingerprint density at radius 2 is 1.88 bits per heavy atom. The molecule has 140 valence electrons. The molecule has 26 heavy (non-hydrogen) atoms. The van der Waals surface area contributed by atoms with Crippen molar-refractivity contribution < 1.29 is 17.6 Å². The Morgan fingerprint density at radius 3 is 2.50 bits per heavy atom. The van der Waals surface area contributed by atoms with Gasteiger partial charge in [0, 0.05) is 12.1 Å². The van der Waals surface area contributed by atoms with Crippen molar-refractivity contribution in [2.45, 2.75) is 20.3 Å². The molecule has 0 aliphatic heterocycles. The number of hydrogen-bond donors (Lipinski definition) is 1. The lowest BCUT2D eigenvalue weighted by atomic mass is 10.1. The predicted octanol–water partition coefficient (Wildman–Crippen LogP) is 2.89. The summed E-state index contributed by atoms with van der Waals surface area (Å²) in [6, 6.07) is 11.0. The third-order valence-corrected chi connectivity index (χ3v) is 5.21. The molecule has 2 aromatic carbocycles. The van der Waals surface area contributed by atoms with Crippen LogP contribution in [0.3, 0.4) is 0 Å². The molecule has 0 aliphatic rings. The van der Waals surface area contributed by atoms with E-state index in [0.717, 1.165) is 23.4 Å². The van der Waals surface area contributed by atoms with Gasteiger partial charge in [-0.15, -0.1) is 0 Å². The summed E-state index contributed by atoms with van der Waals surface area (Å²) in [7, 11) is -3.52. The summed E-state index contributed by atoms with van der Waals surface area (Å²) in [6.07, 6.45) is 1.84. The first-order valence-electron chi connectivity index (χ1n) is 8.34. The van der Waals surface area contributed by atoms with Crippen LogP contribution in [-0.4, -0.2) is 33.7 Å². The fourth-order valence-corrected chi connectivity index (χ4v) is 3.82. The Bertz CT molecular complexity index is 897. The van der Waals surface area contributed by atoms with Crippen LogP contribution in [0.15, 0.2) is 42.5 Å². The maximum absolute atomic E-state index is 13.2. The molecule has 0 aromatic heterocycles. The summed E-state index contributed by atoms with van der Waals surface area (Å²) in [4.78, 5) is 12.1. The summed E-state index contributed by atoms with van der Waals surface area (Å²) in [6.45, 7) is 4.03. The molecule has 2 aromatic rings. The van der Waals surface area contributed by atoms with Gasteiger partial charge in [0.05, 0.1) is 18.5 Å². The van der Waals surface area contributed by atoms with Crippen LogP contribution < -0.4 is 9.62 Å². The zero-order valence-corrected chi connectivity index (χ0v) is 15.9. The van der Waals surface area contributed by atoms with E-state index in [1.54, 1.807) is 0 Å². The van der Waals surface area contributed by atoms with Gasteiger partial charge >= 0.3 is 0 Å². The van der Waals surface area contributed by atoms with Crippen molar-refractivity contribution in [3.63, 3.8) is 0 Å². The lowest BCUT2D eigenvalue weighted by molar-refractivity contribution is 0.0954. The summed E-state index contributed by atoms with van der Waals surface area (Å²) in [5, 5.41) is 2.64. The lowest BCUT2D eigenvalue weighted by Crippen LogP contribution is -2.39. The van der Waals surface area contributed by atoms with Crippen molar-refractivity contribution in [3.05, 3.63) is 65.0 Å². The molecule has 0 saturated carbocycles. The molecule has 0 aliphatic carbocycles. The molecular formula is C19H23FN2O3S. The highest BCUT2D eigenvalue weighted by Crippen LogP contribution is 2.27. The van der Waals surface area contributed by atoms with Gasteiger partial charge in [-0.3, -0.25) is 9.10 Å². The van der Waals surface area contributed by atoms with Crippen LogP contribution in [0.25, 0.3) is 0 Å². The van der Waals surface area contributed by atoms with Crippen LogP contribution >= 0.6 is 0 Å². The van der Waals surface area contributed by atoms with E-state index in [4.69, 9.17) is 0 Å². The minimum Gasteiger partial charge on any atom is -0.350 e. The summed E-state index contributed by atoms with van der Waals surface area (Å²) >= 11 is 0. The summed E-state index contributed by atoms with van der Waals surface area (Å²) in [5.41, 5.74) is 2.62. The maximum atomic E-state index is 13.2. The van der Waals surface area contributed by atoms with E-state index in [0.29, 0.717) is 12.1 Å². The highest BCUT2D eigenvalue weighted by Gasteiger charge is 2.21. The van der Waals surface area contributed by atoms with Crippen molar-refractivity contribution in [2.75, 3.05) is 23.7 Å². The quantitative estimate of drug-likeness (QED) is 0.806. The molecule has 0 heterocycles. The van der Waals surface area contributed by atoms with Crippen LogP contribution in [0.5, 0.6) is 0 Å². The molecule has 0 saturated heterocycles. The first kappa shape index (κ1) is 19.9. The van der Waals surface area contributed by atoms with E-state index >= 15 is 0 Å². The van der Waals surface area contributed by atoms with Crippen LogP contribution in [0.2, 0.25) is 0 Å². The van der Waals surface area contributed by atoms with Gasteiger partial charge in [-0.2, -0.15) is 0 Å². The van der Waals surface area contributed by atoms with Gasteiger partial charge in [0.2, 0.25) is 10.0 Å². The standard InChI is InChI=1S/C19H23FN2O3S/c1-4-15-8-5-7-14(2)18(15)22(26(3,24)25)12-11-21-19(23)16-9-6-10-17(20)13-16/h5-10,13H,4,11-12H2,1-3H3,(H,21,23). The van der Waals surface area contributed by atoms with Crippen LogP contribution in [0, 0.1) is 12.7 Å². The Balaban J connectivity index is 2.17. The molecule has 5 nitrogen and oxygen atoms in total. The molecule has 0 spiro atoms. The van der Waals surface area contributed by atoms with Crippen LogP contribution in [0.1, 0.15) is 28.4 Å². The Morgan fingerprint density at radius 1 is 1.19 bits per heavy atom. The van der Waals surface area contributed by atoms with E-state index in [1.165, 1.54) is 22.5 Å². The van der Waals surface area contributed by atoms with Crippen molar-refractivity contribution in [3.8, 4) is 0 Å². The van der Waals surface area contributed by atoms with Crippen LogP contribution in [-0.2, 0) is 16.4 Å². The molecule has 0 fully saturated rings. The van der Waals surface area contributed by atoms with E-state index in [2.05, 4.69) is 5.32 Å². The number of nitrogens with zero attached hydrogens (tertiary/aromatic N) is 1. The number of hydrogen-bond acceptors (Lipinski definition) is 3. The lowest BCUT2D eigenvalue weighted by Gasteiger charge is -2.26. The molecule has 0 unspecified atom stereocenters. The third kappa shape index (κ3) is 4.82. The number of carbonyl (C=O) groups is 1. The van der Waals surface area contributed by atoms with Crippen molar-refractivity contribution in [2.24, 2.45) is 0 Å². The SMILES string of the molecule is CCc1cccc(C)c1N(CCNC(=O)c1cccc(F)c1)S(C)(=O)=O. The minimum atomic E-state index is -3.52. The summed E-state index contributed by atoms with van der Waals surface area (Å²) < 4.78 is 39.1. The first-order chi connectivity index (χ1) is 12.2. The average Bonchev–Trinajstić information content (AvgIpc) is 2.58. The Kier molecular flexibility index (Phi) is 6.37. The normalized spacial score (nSPS) is 11.2. The number of anilines is 1. The van der Waals surface area contributed by atoms with Crippen LogP contribution in [0.4, 0.5) is 10.1 Å². The smallest absolute Gasteiger partial charge is 0.251 e. The zero-order chi connectivity index (χ0) is 19.3. The van der Waals surface area contributed by atoms with Gasteiger partial charge in [-0.1, -0.05) is 31.2 Å². The van der Waals surface area contributed by atoms with Gasteiger partial charge in [-0.05, 0) is 42.7 Å². The second-order valence-electron chi connectivity index (χ2n) is 6.04. The number of aryl methyl sites for hydroxylation is 2. The average molecular weight is 378 g/mol. The largest absolute Gasteiger partial charge is 0.350 e. The number of sulfonamides is 1. The third-order valence-electron chi connectivity index (χ3n) is 4.04. The molecule has 0 radical (unpaired) electrons. The summed E-state index contributed by atoms with van der Waals surface area (Å²) in [5.74, 6) is -0.943. The second-order valence-corrected chi connectivity index (χ2v) is 7.94. The molecule has 0 bridgehead atoms. The minimum absolute atomic E-state index is 0.0950. The highest BCUT2D eigenvalue weighted by atomic mass is 32.2. The van der Waals surface area contributed by atoms with Gasteiger partial charge in [0.15, 0.2) is 0 Å². The zero-order valence-electron chi connectivity index (χ0n) is 15.1. The number of halogens is 1. The van der Waals surface area contributed by atoms with Gasteiger partial charge in [-0.25, -0.2) is 12.8 Å². The highest BCUT2D eigenvalue weighted by molar-refractivity contribution is 7.92. The topological polar surface area (TPSA) is 66.5 Å². The monoisotopic (exact) mass is 378 g/mol. The van der Waals surface area contributed by atoms with E-state index in [1.807, 2.05) is 32.0 Å². The molecular weight excluding hydrogens is 355 g/mol. The number of rotatable bonds is 7. The number of nitrogens with one attached hydrogen (secondary N) is 1. The van der Waals surface area contributed by atoms with Gasteiger partial charge < -0.3 is 5.32 Å². The molecule has 1 N–H and O–H groups in total. The van der Waals surface area contributed by atoms with Gasteiger partial charge in [0.1, 0.15) is 5.82 Å². The first-order valence-corrected chi connectivity index (χ1v) is 10.2. The predicted molar refractivity (Wildman–Crippen MR) is 101 cm³/mol. The maximum Gasteiger partial charge on any atom is 0.251 e. The molecule has 2 rings (SSSR count). The number of amides is 1. The van der Waals surface area contributed by atoms with E-state index in [-0.39, 0.29) is 18.7 Å². The van der Waals surface area contributed by atoms with E-state index < -0.39 is 21.7 Å².